The third kappa shape index (κ3) is 6.46. The highest BCUT2D eigenvalue weighted by molar-refractivity contribution is 5.75. The van der Waals surface area contributed by atoms with Crippen LogP contribution in [0.3, 0.4) is 0 Å². The van der Waals surface area contributed by atoms with Crippen LogP contribution in [0.15, 0.2) is 66.9 Å². The van der Waals surface area contributed by atoms with Gasteiger partial charge in [0.1, 0.15) is 12.4 Å². The van der Waals surface area contributed by atoms with E-state index in [0.717, 1.165) is 17.9 Å². The normalized spacial score (nSPS) is 11.8. The number of aromatic nitrogens is 1. The summed E-state index contributed by atoms with van der Waals surface area (Å²) in [4.78, 5) is 12.0. The molecule has 0 spiro atoms. The van der Waals surface area contributed by atoms with Crippen molar-refractivity contribution in [2.75, 3.05) is 19.8 Å². The summed E-state index contributed by atoms with van der Waals surface area (Å²) in [7, 11) is 0. The summed E-state index contributed by atoms with van der Waals surface area (Å²) in [6.45, 7) is 7.95. The van der Waals surface area contributed by atoms with Crippen LogP contribution in [-0.2, 0) is 27.2 Å². The van der Waals surface area contributed by atoms with Crippen LogP contribution in [0.25, 0.3) is 11.1 Å². The van der Waals surface area contributed by atoms with Gasteiger partial charge in [-0.1, -0.05) is 42.5 Å². The first kappa shape index (κ1) is 22.6. The van der Waals surface area contributed by atoms with Gasteiger partial charge < -0.3 is 18.8 Å². The van der Waals surface area contributed by atoms with Crippen LogP contribution in [-0.4, -0.2) is 36.5 Å². The molecule has 0 N–H and O–H groups in total. The molecule has 1 heterocycles. The van der Waals surface area contributed by atoms with E-state index in [4.69, 9.17) is 14.2 Å². The van der Waals surface area contributed by atoms with Crippen molar-refractivity contribution in [2.24, 2.45) is 0 Å². The van der Waals surface area contributed by atoms with E-state index in [2.05, 4.69) is 48.0 Å². The van der Waals surface area contributed by atoms with E-state index in [1.807, 2.05) is 37.3 Å². The van der Waals surface area contributed by atoms with Gasteiger partial charge >= 0.3 is 5.97 Å². The highest BCUT2D eigenvalue weighted by Gasteiger charge is 2.20. The van der Waals surface area contributed by atoms with E-state index < -0.39 is 6.10 Å². The number of benzene rings is 2. The maximum Gasteiger partial charge on any atom is 0.335 e. The lowest BCUT2D eigenvalue weighted by atomic mass is 10.1. The van der Waals surface area contributed by atoms with Gasteiger partial charge in [-0.3, -0.25) is 0 Å². The topological polar surface area (TPSA) is 49.7 Å². The second kappa shape index (κ2) is 11.4. The molecule has 2 aromatic carbocycles. The van der Waals surface area contributed by atoms with Crippen molar-refractivity contribution in [3.05, 3.63) is 78.1 Å². The lowest BCUT2D eigenvalue weighted by Gasteiger charge is -2.16. The zero-order valence-corrected chi connectivity index (χ0v) is 18.5. The number of esters is 1. The maximum absolute atomic E-state index is 12.0. The molecule has 3 aromatic rings. The molecule has 164 valence electrons. The Hall–Kier alpha value is -3.05. The summed E-state index contributed by atoms with van der Waals surface area (Å²) >= 11 is 0. The van der Waals surface area contributed by atoms with Crippen LogP contribution in [0.4, 0.5) is 0 Å². The average Bonchev–Trinajstić information content (AvgIpc) is 3.16. The van der Waals surface area contributed by atoms with E-state index in [9.17, 15) is 4.79 Å². The quantitative estimate of drug-likeness (QED) is 0.407. The number of ether oxygens (including phenoxy) is 3. The third-order valence-electron chi connectivity index (χ3n) is 5.08. The van der Waals surface area contributed by atoms with Crippen molar-refractivity contribution < 1.29 is 19.0 Å². The van der Waals surface area contributed by atoms with E-state index in [-0.39, 0.29) is 5.97 Å². The summed E-state index contributed by atoms with van der Waals surface area (Å²) in [5.74, 6) is 0.488. The molecule has 0 bridgehead atoms. The first-order valence-electron chi connectivity index (χ1n) is 10.8. The van der Waals surface area contributed by atoms with Crippen molar-refractivity contribution in [2.45, 2.75) is 39.8 Å². The molecule has 0 aliphatic rings. The summed E-state index contributed by atoms with van der Waals surface area (Å²) in [5, 5.41) is 0. The number of hydrogen-bond acceptors (Lipinski definition) is 4. The predicted molar refractivity (Wildman–Crippen MR) is 122 cm³/mol. The van der Waals surface area contributed by atoms with Gasteiger partial charge in [0.2, 0.25) is 0 Å². The molecule has 31 heavy (non-hydrogen) atoms. The molecule has 5 nitrogen and oxygen atoms in total. The molecular weight excluding hydrogens is 390 g/mol. The molecule has 1 unspecified atom stereocenters. The number of aryl methyl sites for hydroxylation is 1. The minimum atomic E-state index is -0.577. The fraction of sp³-hybridized carbons (Fsp3) is 0.346. The Morgan fingerprint density at radius 1 is 0.968 bits per heavy atom. The fourth-order valence-corrected chi connectivity index (χ4v) is 3.49. The highest BCUT2D eigenvalue weighted by Crippen LogP contribution is 2.22. The van der Waals surface area contributed by atoms with Crippen molar-refractivity contribution in [1.82, 2.24) is 4.57 Å². The Kier molecular flexibility index (Phi) is 8.30. The molecule has 0 aliphatic heterocycles. The van der Waals surface area contributed by atoms with E-state index in [0.29, 0.717) is 26.2 Å². The van der Waals surface area contributed by atoms with Gasteiger partial charge in [0.05, 0.1) is 13.2 Å². The molecule has 1 aromatic heterocycles. The van der Waals surface area contributed by atoms with Crippen LogP contribution < -0.4 is 4.74 Å². The molecule has 0 saturated heterocycles. The minimum absolute atomic E-state index is 0.318. The predicted octanol–water partition coefficient (Wildman–Crippen LogP) is 5.05. The summed E-state index contributed by atoms with van der Waals surface area (Å²) in [6, 6.07) is 20.4. The minimum Gasteiger partial charge on any atom is -0.492 e. The number of nitrogens with zero attached hydrogens (tertiary/aromatic N) is 1. The van der Waals surface area contributed by atoms with Crippen molar-refractivity contribution in [1.29, 1.82) is 0 Å². The van der Waals surface area contributed by atoms with Crippen LogP contribution in [0.1, 0.15) is 25.1 Å². The van der Waals surface area contributed by atoms with Gasteiger partial charge in [0, 0.05) is 24.9 Å². The number of carbonyl (C=O) groups is 1. The molecule has 0 amide bonds. The zero-order chi connectivity index (χ0) is 22.1. The number of carbonyl (C=O) groups excluding carboxylic acids is 1. The first-order chi connectivity index (χ1) is 15.1. The maximum atomic E-state index is 12.0. The van der Waals surface area contributed by atoms with Crippen LogP contribution in [0.2, 0.25) is 0 Å². The summed E-state index contributed by atoms with van der Waals surface area (Å²) < 4.78 is 18.8. The molecule has 3 rings (SSSR count). The van der Waals surface area contributed by atoms with Crippen LogP contribution >= 0.6 is 0 Å². The largest absolute Gasteiger partial charge is 0.492 e. The van der Waals surface area contributed by atoms with Gasteiger partial charge in [0.25, 0.3) is 0 Å². The molecule has 0 saturated carbocycles. The van der Waals surface area contributed by atoms with Crippen LogP contribution in [0.5, 0.6) is 5.75 Å². The monoisotopic (exact) mass is 421 g/mol. The average molecular weight is 422 g/mol. The first-order valence-corrected chi connectivity index (χ1v) is 10.8. The van der Waals surface area contributed by atoms with Gasteiger partial charge in [-0.05, 0) is 55.7 Å². The number of hydrogen-bond donors (Lipinski definition) is 0. The second-order valence-electron chi connectivity index (χ2n) is 7.32. The highest BCUT2D eigenvalue weighted by atomic mass is 16.6. The Morgan fingerprint density at radius 2 is 1.71 bits per heavy atom. The lowest BCUT2D eigenvalue weighted by molar-refractivity contribution is -0.156. The molecule has 5 heteroatoms. The Bertz CT molecular complexity index is 947. The molecular formula is C26H31NO4. The van der Waals surface area contributed by atoms with E-state index in [1.165, 1.54) is 16.8 Å². The van der Waals surface area contributed by atoms with Crippen LogP contribution in [0, 0.1) is 6.92 Å². The number of rotatable bonds is 11. The Balaban J connectivity index is 1.53. The Labute approximate surface area is 184 Å². The zero-order valence-electron chi connectivity index (χ0n) is 18.5. The summed E-state index contributed by atoms with van der Waals surface area (Å²) in [5.41, 5.74) is 4.65. The molecule has 0 aliphatic carbocycles. The smallest absolute Gasteiger partial charge is 0.335 e. The van der Waals surface area contributed by atoms with Crippen molar-refractivity contribution in [3.63, 3.8) is 0 Å². The lowest BCUT2D eigenvalue weighted by Crippen LogP contribution is -2.28. The van der Waals surface area contributed by atoms with Gasteiger partial charge in [-0.15, -0.1) is 0 Å². The Morgan fingerprint density at radius 3 is 2.39 bits per heavy atom. The van der Waals surface area contributed by atoms with Gasteiger partial charge in [-0.2, -0.15) is 0 Å². The molecule has 0 fully saturated rings. The van der Waals surface area contributed by atoms with E-state index >= 15 is 0 Å². The van der Waals surface area contributed by atoms with Crippen molar-refractivity contribution >= 4 is 5.97 Å². The van der Waals surface area contributed by atoms with Gasteiger partial charge in [-0.25, -0.2) is 4.79 Å². The second-order valence-corrected chi connectivity index (χ2v) is 7.32. The van der Waals surface area contributed by atoms with Gasteiger partial charge in [0.15, 0.2) is 6.10 Å². The standard InChI is InChI=1S/C26H31NO4/c1-4-29-25(26(28)30-5-2)18-21-11-13-24(14-12-21)31-16-15-27-19-23(17-20(27)3)22-9-7-6-8-10-22/h6-14,17,19,25H,4-5,15-16,18H2,1-3H3. The third-order valence-corrected chi connectivity index (χ3v) is 5.08. The fourth-order valence-electron chi connectivity index (χ4n) is 3.49. The van der Waals surface area contributed by atoms with Crippen molar-refractivity contribution in [3.8, 4) is 16.9 Å². The summed E-state index contributed by atoms with van der Waals surface area (Å²) in [6.07, 6.45) is 2.07. The SMILES string of the molecule is CCOC(=O)C(Cc1ccc(OCCn2cc(-c3ccccc3)cc2C)cc1)OCC. The molecule has 0 radical (unpaired) electrons. The molecule has 1 atom stereocenters. The van der Waals surface area contributed by atoms with E-state index in [1.54, 1.807) is 6.92 Å².